The van der Waals surface area contributed by atoms with Gasteiger partial charge >= 0.3 is 6.09 Å². The summed E-state index contributed by atoms with van der Waals surface area (Å²) in [5.74, 6) is 0.973. The summed E-state index contributed by atoms with van der Waals surface area (Å²) in [7, 11) is 0. The first kappa shape index (κ1) is 19.7. The second kappa shape index (κ2) is 9.21. The molecule has 28 heavy (non-hydrogen) atoms. The zero-order valence-electron chi connectivity index (χ0n) is 15.9. The van der Waals surface area contributed by atoms with Gasteiger partial charge in [-0.25, -0.2) is 4.79 Å². The number of hydrogen-bond donors (Lipinski definition) is 2. The van der Waals surface area contributed by atoms with E-state index in [1.54, 1.807) is 18.3 Å². The topological polar surface area (TPSA) is 91.8 Å². The number of ether oxygens (including phenoxy) is 1. The summed E-state index contributed by atoms with van der Waals surface area (Å²) in [5.41, 5.74) is 2.37. The second-order valence-corrected chi connectivity index (χ2v) is 6.84. The summed E-state index contributed by atoms with van der Waals surface area (Å²) in [6.45, 7) is 4.18. The van der Waals surface area contributed by atoms with Gasteiger partial charge in [-0.15, -0.1) is 0 Å². The van der Waals surface area contributed by atoms with Crippen molar-refractivity contribution >= 4 is 12.0 Å². The Balaban J connectivity index is 1.52. The van der Waals surface area contributed by atoms with E-state index in [1.165, 1.54) is 4.90 Å². The van der Waals surface area contributed by atoms with Crippen molar-refractivity contribution < 1.29 is 19.4 Å². The zero-order chi connectivity index (χ0) is 19.9. The Morgan fingerprint density at radius 1 is 1.18 bits per heavy atom. The average molecular weight is 383 g/mol. The molecule has 3 rings (SSSR count). The van der Waals surface area contributed by atoms with Crippen molar-refractivity contribution in [1.82, 2.24) is 15.2 Å². The van der Waals surface area contributed by atoms with E-state index in [2.05, 4.69) is 10.3 Å². The Hall–Kier alpha value is -3.09. The van der Waals surface area contributed by atoms with Crippen LogP contribution in [-0.2, 0) is 0 Å². The third-order valence-corrected chi connectivity index (χ3v) is 4.89. The van der Waals surface area contributed by atoms with Gasteiger partial charge in [0.1, 0.15) is 5.75 Å². The van der Waals surface area contributed by atoms with Crippen LogP contribution in [-0.4, -0.2) is 53.2 Å². The monoisotopic (exact) mass is 383 g/mol. The molecule has 7 nitrogen and oxygen atoms in total. The number of likely N-dealkylation sites (tertiary alicyclic amines) is 1. The van der Waals surface area contributed by atoms with Crippen molar-refractivity contribution in [1.29, 1.82) is 0 Å². The maximum absolute atomic E-state index is 11.8. The molecule has 1 saturated heterocycles. The lowest BCUT2D eigenvalue weighted by Crippen LogP contribution is -2.38. The highest BCUT2D eigenvalue weighted by Crippen LogP contribution is 2.22. The van der Waals surface area contributed by atoms with E-state index in [4.69, 9.17) is 9.84 Å². The van der Waals surface area contributed by atoms with Crippen LogP contribution in [0.3, 0.4) is 0 Å². The number of carboxylic acid groups (broad SMARTS) is 1. The number of carbonyl (C=O) groups is 2. The minimum absolute atomic E-state index is 0.0834. The number of hydrogen-bond acceptors (Lipinski definition) is 4. The molecule has 1 aromatic carbocycles. The fourth-order valence-corrected chi connectivity index (χ4v) is 3.20. The number of pyridine rings is 1. The highest BCUT2D eigenvalue weighted by molar-refractivity contribution is 5.94. The van der Waals surface area contributed by atoms with Crippen LogP contribution in [0.1, 0.15) is 30.1 Å². The predicted molar refractivity (Wildman–Crippen MR) is 105 cm³/mol. The molecular formula is C21H25N3O4. The minimum Gasteiger partial charge on any atom is -0.492 e. The van der Waals surface area contributed by atoms with Crippen LogP contribution in [0.4, 0.5) is 4.79 Å². The Kier molecular flexibility index (Phi) is 6.47. The number of benzene rings is 1. The van der Waals surface area contributed by atoms with Gasteiger partial charge in [0.15, 0.2) is 0 Å². The lowest BCUT2D eigenvalue weighted by Gasteiger charge is -2.29. The SMILES string of the molecule is CCNC(=O)c1ccc(-c2ccc(OCC3CCN(C(=O)O)CC3)cn2)cc1. The third-order valence-electron chi connectivity index (χ3n) is 4.89. The van der Waals surface area contributed by atoms with Crippen molar-refractivity contribution in [2.45, 2.75) is 19.8 Å². The normalized spacial score (nSPS) is 14.5. The van der Waals surface area contributed by atoms with E-state index in [0.717, 1.165) is 24.1 Å². The van der Waals surface area contributed by atoms with Crippen LogP contribution in [0.15, 0.2) is 42.6 Å². The highest BCUT2D eigenvalue weighted by atomic mass is 16.5. The summed E-state index contributed by atoms with van der Waals surface area (Å²) in [6, 6.07) is 11.1. The molecule has 1 aliphatic rings. The zero-order valence-corrected chi connectivity index (χ0v) is 15.9. The highest BCUT2D eigenvalue weighted by Gasteiger charge is 2.22. The van der Waals surface area contributed by atoms with Crippen LogP contribution < -0.4 is 10.1 Å². The number of nitrogens with one attached hydrogen (secondary N) is 1. The van der Waals surface area contributed by atoms with E-state index in [1.807, 2.05) is 31.2 Å². The Labute approximate surface area is 164 Å². The average Bonchev–Trinajstić information content (AvgIpc) is 2.73. The van der Waals surface area contributed by atoms with Gasteiger partial charge < -0.3 is 20.1 Å². The van der Waals surface area contributed by atoms with E-state index >= 15 is 0 Å². The molecule has 2 N–H and O–H groups in total. The molecule has 0 aliphatic carbocycles. The van der Waals surface area contributed by atoms with Crippen LogP contribution >= 0.6 is 0 Å². The molecule has 0 bridgehead atoms. The maximum atomic E-state index is 11.8. The van der Waals surface area contributed by atoms with Crippen LogP contribution in [0.2, 0.25) is 0 Å². The standard InChI is InChI=1S/C21H25N3O4/c1-2-22-20(25)17-5-3-16(4-6-17)19-8-7-18(13-23-19)28-14-15-9-11-24(12-10-15)21(26)27/h3-8,13,15H,2,9-12,14H2,1H3,(H,22,25)(H,26,27). The largest absolute Gasteiger partial charge is 0.492 e. The summed E-state index contributed by atoms with van der Waals surface area (Å²) in [4.78, 5) is 28.6. The van der Waals surface area contributed by atoms with E-state index in [-0.39, 0.29) is 5.91 Å². The predicted octanol–water partition coefficient (Wildman–Crippen LogP) is 3.27. The molecule has 0 unspecified atom stereocenters. The molecule has 1 aromatic heterocycles. The number of carbonyl (C=O) groups excluding carboxylic acids is 1. The molecule has 1 fully saturated rings. The Bertz CT molecular complexity index is 797. The summed E-state index contributed by atoms with van der Waals surface area (Å²) >= 11 is 0. The smallest absolute Gasteiger partial charge is 0.407 e. The molecule has 0 saturated carbocycles. The van der Waals surface area contributed by atoms with E-state index in [9.17, 15) is 9.59 Å². The molecule has 2 aromatic rings. The summed E-state index contributed by atoms with van der Waals surface area (Å²) < 4.78 is 5.83. The van der Waals surface area contributed by atoms with E-state index < -0.39 is 6.09 Å². The van der Waals surface area contributed by atoms with Gasteiger partial charge in [-0.3, -0.25) is 9.78 Å². The van der Waals surface area contributed by atoms with Gasteiger partial charge in [0.2, 0.25) is 0 Å². The quantitative estimate of drug-likeness (QED) is 0.799. The molecule has 1 aliphatic heterocycles. The number of aromatic nitrogens is 1. The number of piperidine rings is 1. The number of nitrogens with zero attached hydrogens (tertiary/aromatic N) is 2. The number of amides is 2. The van der Waals surface area contributed by atoms with Gasteiger partial charge in [0.25, 0.3) is 5.91 Å². The molecule has 2 amide bonds. The van der Waals surface area contributed by atoms with Gasteiger partial charge in [-0.2, -0.15) is 0 Å². The van der Waals surface area contributed by atoms with Crippen molar-refractivity contribution in [3.8, 4) is 17.0 Å². The second-order valence-electron chi connectivity index (χ2n) is 6.84. The first-order chi connectivity index (χ1) is 13.6. The third kappa shape index (κ3) is 5.00. The minimum atomic E-state index is -0.849. The Morgan fingerprint density at radius 3 is 2.46 bits per heavy atom. The number of rotatable bonds is 6. The van der Waals surface area contributed by atoms with Crippen LogP contribution in [0, 0.1) is 5.92 Å². The van der Waals surface area contributed by atoms with Crippen LogP contribution in [0.5, 0.6) is 5.75 Å². The molecule has 2 heterocycles. The molecule has 148 valence electrons. The summed E-state index contributed by atoms with van der Waals surface area (Å²) in [6.07, 6.45) is 2.48. The lowest BCUT2D eigenvalue weighted by atomic mass is 9.98. The van der Waals surface area contributed by atoms with Crippen molar-refractivity contribution in [2.75, 3.05) is 26.2 Å². The van der Waals surface area contributed by atoms with Gasteiger partial charge in [0.05, 0.1) is 18.5 Å². The van der Waals surface area contributed by atoms with Crippen molar-refractivity contribution in [2.24, 2.45) is 5.92 Å². The van der Waals surface area contributed by atoms with Crippen LogP contribution in [0.25, 0.3) is 11.3 Å². The molecule has 0 radical (unpaired) electrons. The molecule has 0 spiro atoms. The Morgan fingerprint density at radius 2 is 1.89 bits per heavy atom. The maximum Gasteiger partial charge on any atom is 0.407 e. The molecular weight excluding hydrogens is 358 g/mol. The molecule has 0 atom stereocenters. The van der Waals surface area contributed by atoms with Gasteiger partial charge in [-0.05, 0) is 49.9 Å². The van der Waals surface area contributed by atoms with Gasteiger partial charge in [0, 0.05) is 30.8 Å². The first-order valence-electron chi connectivity index (χ1n) is 9.52. The van der Waals surface area contributed by atoms with E-state index in [0.29, 0.717) is 43.5 Å². The fourth-order valence-electron chi connectivity index (χ4n) is 3.20. The summed E-state index contributed by atoms with van der Waals surface area (Å²) in [5, 5.41) is 11.8. The van der Waals surface area contributed by atoms with Crippen molar-refractivity contribution in [3.05, 3.63) is 48.2 Å². The molecule has 7 heteroatoms. The lowest BCUT2D eigenvalue weighted by molar-refractivity contribution is 0.0955. The fraction of sp³-hybridized carbons (Fsp3) is 0.381. The van der Waals surface area contributed by atoms with Gasteiger partial charge in [-0.1, -0.05) is 12.1 Å². The first-order valence-corrected chi connectivity index (χ1v) is 9.52. The van der Waals surface area contributed by atoms with Crippen molar-refractivity contribution in [3.63, 3.8) is 0 Å².